The summed E-state index contributed by atoms with van der Waals surface area (Å²) in [6, 6.07) is 15.5. The highest BCUT2D eigenvalue weighted by Gasteiger charge is 2.30. The average Bonchev–Trinajstić information content (AvgIpc) is 2.77. The Labute approximate surface area is 190 Å². The number of rotatable bonds is 11. The maximum Gasteiger partial charge on any atom is 0.244 e. The molecule has 1 N–H and O–H groups in total. The molecule has 174 valence electrons. The number of hydrogen-bond acceptors (Lipinski definition) is 5. The van der Waals surface area contributed by atoms with Crippen LogP contribution in [0.4, 0.5) is 5.69 Å². The molecular weight excluding hydrogens is 430 g/mol. The minimum absolute atomic E-state index is 0.266. The molecule has 0 fully saturated rings. The molecule has 2 amide bonds. The van der Waals surface area contributed by atoms with Crippen LogP contribution in [-0.2, 0) is 26.0 Å². The van der Waals surface area contributed by atoms with Gasteiger partial charge in [-0.05, 0) is 38.0 Å². The number of carbonyl (C=O) groups is 2. The molecule has 0 saturated heterocycles. The first kappa shape index (κ1) is 25.2. The summed E-state index contributed by atoms with van der Waals surface area (Å²) in [5, 5.41) is 2.55. The van der Waals surface area contributed by atoms with Crippen molar-refractivity contribution >= 4 is 27.5 Å². The molecule has 8 nitrogen and oxygen atoms in total. The van der Waals surface area contributed by atoms with E-state index in [1.54, 1.807) is 38.1 Å². The molecular formula is C23H31N3O5S. The lowest BCUT2D eigenvalue weighted by Crippen LogP contribution is -2.51. The zero-order chi connectivity index (χ0) is 23.7. The third-order valence-electron chi connectivity index (χ3n) is 5.01. The second-order valence-electron chi connectivity index (χ2n) is 7.28. The second-order valence-corrected chi connectivity index (χ2v) is 9.19. The van der Waals surface area contributed by atoms with Gasteiger partial charge in [-0.25, -0.2) is 8.42 Å². The van der Waals surface area contributed by atoms with Crippen molar-refractivity contribution in [3.63, 3.8) is 0 Å². The van der Waals surface area contributed by atoms with E-state index in [0.29, 0.717) is 18.8 Å². The van der Waals surface area contributed by atoms with Gasteiger partial charge in [-0.15, -0.1) is 0 Å². The van der Waals surface area contributed by atoms with E-state index in [1.807, 2.05) is 30.3 Å². The molecule has 2 aromatic rings. The van der Waals surface area contributed by atoms with Gasteiger partial charge < -0.3 is 15.0 Å². The number of nitrogens with one attached hydrogen (secondary N) is 1. The largest absolute Gasteiger partial charge is 0.492 e. The van der Waals surface area contributed by atoms with Gasteiger partial charge in [0.05, 0.1) is 18.6 Å². The Morgan fingerprint density at radius 1 is 1.06 bits per heavy atom. The van der Waals surface area contributed by atoms with E-state index in [0.717, 1.165) is 16.1 Å². The molecule has 1 atom stereocenters. The van der Waals surface area contributed by atoms with Crippen LogP contribution in [-0.4, -0.2) is 64.2 Å². The van der Waals surface area contributed by atoms with Crippen LogP contribution in [0.25, 0.3) is 0 Å². The molecule has 0 aliphatic heterocycles. The standard InChI is InChI=1S/C23H31N3O5S/c1-5-31-21-14-10-9-13-20(21)26(32(4,29)30)17-22(27)25(18(2)23(28)24-3)16-15-19-11-7-6-8-12-19/h6-14,18H,5,15-17H2,1-4H3,(H,24,28). The number of amides is 2. The summed E-state index contributed by atoms with van der Waals surface area (Å²) in [4.78, 5) is 27.0. The summed E-state index contributed by atoms with van der Waals surface area (Å²) in [5.41, 5.74) is 1.29. The van der Waals surface area contributed by atoms with E-state index in [4.69, 9.17) is 4.74 Å². The number of anilines is 1. The predicted molar refractivity (Wildman–Crippen MR) is 125 cm³/mol. The Balaban J connectivity index is 2.34. The van der Waals surface area contributed by atoms with Gasteiger partial charge in [0.1, 0.15) is 18.3 Å². The Morgan fingerprint density at radius 2 is 1.69 bits per heavy atom. The second kappa shape index (κ2) is 11.5. The summed E-state index contributed by atoms with van der Waals surface area (Å²) in [6.45, 7) is 3.59. The lowest BCUT2D eigenvalue weighted by atomic mass is 10.1. The highest BCUT2D eigenvalue weighted by Crippen LogP contribution is 2.30. The number of para-hydroxylation sites is 2. The molecule has 9 heteroatoms. The van der Waals surface area contributed by atoms with Gasteiger partial charge in [0.25, 0.3) is 0 Å². The third-order valence-corrected chi connectivity index (χ3v) is 6.14. The Morgan fingerprint density at radius 3 is 2.28 bits per heavy atom. The van der Waals surface area contributed by atoms with Crippen LogP contribution in [0.2, 0.25) is 0 Å². The van der Waals surface area contributed by atoms with Crippen molar-refractivity contribution in [3.05, 3.63) is 60.2 Å². The summed E-state index contributed by atoms with van der Waals surface area (Å²) in [7, 11) is -2.30. The molecule has 0 saturated carbocycles. The molecule has 1 unspecified atom stereocenters. The minimum Gasteiger partial charge on any atom is -0.492 e. The first-order chi connectivity index (χ1) is 15.2. The van der Waals surface area contributed by atoms with Crippen molar-refractivity contribution in [1.29, 1.82) is 0 Å². The quantitative estimate of drug-likeness (QED) is 0.553. The van der Waals surface area contributed by atoms with Crippen LogP contribution in [0.5, 0.6) is 5.75 Å². The lowest BCUT2D eigenvalue weighted by molar-refractivity contribution is -0.138. The van der Waals surface area contributed by atoms with Gasteiger partial charge in [0.2, 0.25) is 21.8 Å². The zero-order valence-corrected chi connectivity index (χ0v) is 19.8. The van der Waals surface area contributed by atoms with Gasteiger partial charge in [-0.2, -0.15) is 0 Å². The van der Waals surface area contributed by atoms with E-state index in [-0.39, 0.29) is 18.1 Å². The van der Waals surface area contributed by atoms with E-state index >= 15 is 0 Å². The number of carbonyl (C=O) groups excluding carboxylic acids is 2. The van der Waals surface area contributed by atoms with E-state index in [9.17, 15) is 18.0 Å². The van der Waals surface area contributed by atoms with Gasteiger partial charge in [-0.3, -0.25) is 13.9 Å². The minimum atomic E-state index is -3.80. The van der Waals surface area contributed by atoms with Crippen molar-refractivity contribution in [2.24, 2.45) is 0 Å². The fourth-order valence-corrected chi connectivity index (χ4v) is 4.17. The Kier molecular flexibility index (Phi) is 9.07. The van der Waals surface area contributed by atoms with E-state index in [2.05, 4.69) is 5.32 Å². The molecule has 2 rings (SSSR count). The van der Waals surface area contributed by atoms with E-state index < -0.39 is 28.5 Å². The van der Waals surface area contributed by atoms with Crippen molar-refractivity contribution in [1.82, 2.24) is 10.2 Å². The van der Waals surface area contributed by atoms with Crippen LogP contribution in [0.3, 0.4) is 0 Å². The Bertz CT molecular complexity index is 1010. The summed E-state index contributed by atoms with van der Waals surface area (Å²) < 4.78 is 31.8. The van der Waals surface area contributed by atoms with Gasteiger partial charge in [0.15, 0.2) is 0 Å². The van der Waals surface area contributed by atoms with Crippen molar-refractivity contribution in [2.75, 3.05) is 37.3 Å². The molecule has 0 aromatic heterocycles. The first-order valence-corrected chi connectivity index (χ1v) is 12.3. The van der Waals surface area contributed by atoms with Crippen LogP contribution < -0.4 is 14.4 Å². The Hall–Kier alpha value is -3.07. The number of benzene rings is 2. The number of ether oxygens (including phenoxy) is 1. The summed E-state index contributed by atoms with van der Waals surface area (Å²) >= 11 is 0. The maximum absolute atomic E-state index is 13.3. The third kappa shape index (κ3) is 6.71. The fourth-order valence-electron chi connectivity index (χ4n) is 3.31. The average molecular weight is 462 g/mol. The molecule has 0 heterocycles. The van der Waals surface area contributed by atoms with Crippen molar-refractivity contribution in [2.45, 2.75) is 26.3 Å². The normalized spacial score (nSPS) is 12.0. The summed E-state index contributed by atoms with van der Waals surface area (Å²) in [6.07, 6.45) is 1.57. The van der Waals surface area contributed by atoms with Gasteiger partial charge in [0, 0.05) is 13.6 Å². The molecule has 0 bridgehead atoms. The SMILES string of the molecule is CCOc1ccccc1N(CC(=O)N(CCc1ccccc1)C(C)C(=O)NC)S(C)(=O)=O. The maximum atomic E-state index is 13.3. The van der Waals surface area contributed by atoms with Gasteiger partial charge >= 0.3 is 0 Å². The molecule has 2 aromatic carbocycles. The predicted octanol–water partition coefficient (Wildman–Crippen LogP) is 2.06. The molecule has 0 aliphatic rings. The monoisotopic (exact) mass is 461 g/mol. The fraction of sp³-hybridized carbons (Fsp3) is 0.391. The number of nitrogens with zero attached hydrogens (tertiary/aromatic N) is 2. The number of hydrogen-bond donors (Lipinski definition) is 1. The molecule has 0 aliphatic carbocycles. The van der Waals surface area contributed by atoms with Gasteiger partial charge in [-0.1, -0.05) is 42.5 Å². The highest BCUT2D eigenvalue weighted by molar-refractivity contribution is 7.92. The topological polar surface area (TPSA) is 96.0 Å². The number of likely N-dealkylation sites (N-methyl/N-ethyl adjacent to an activating group) is 1. The smallest absolute Gasteiger partial charge is 0.244 e. The van der Waals surface area contributed by atoms with Crippen LogP contribution in [0, 0.1) is 0 Å². The van der Waals surface area contributed by atoms with Crippen molar-refractivity contribution in [3.8, 4) is 5.75 Å². The number of sulfonamides is 1. The van der Waals surface area contributed by atoms with Crippen LogP contribution in [0.15, 0.2) is 54.6 Å². The van der Waals surface area contributed by atoms with E-state index in [1.165, 1.54) is 11.9 Å². The molecule has 32 heavy (non-hydrogen) atoms. The molecule has 0 radical (unpaired) electrons. The van der Waals surface area contributed by atoms with Crippen molar-refractivity contribution < 1.29 is 22.7 Å². The van der Waals surface area contributed by atoms with Crippen LogP contribution in [0.1, 0.15) is 19.4 Å². The highest BCUT2D eigenvalue weighted by atomic mass is 32.2. The molecule has 0 spiro atoms. The lowest BCUT2D eigenvalue weighted by Gasteiger charge is -2.31. The zero-order valence-electron chi connectivity index (χ0n) is 18.9. The summed E-state index contributed by atoms with van der Waals surface area (Å²) in [5.74, 6) is -0.441. The first-order valence-electron chi connectivity index (χ1n) is 10.4. The van der Waals surface area contributed by atoms with Crippen LogP contribution >= 0.6 is 0 Å².